The molecule has 3 heterocycles. The first-order valence-electron chi connectivity index (χ1n) is 10.1. The van der Waals surface area contributed by atoms with Crippen LogP contribution in [0, 0.1) is 10.1 Å². The SMILES string of the molecule is O=C(c1ccco1)N1CCN(c2ncnc(NCCOc3ccccc3)c2[N+](=O)[O-])CC1. The van der Waals surface area contributed by atoms with E-state index in [0.717, 1.165) is 0 Å². The van der Waals surface area contributed by atoms with E-state index >= 15 is 0 Å². The molecule has 0 aliphatic carbocycles. The highest BCUT2D eigenvalue weighted by atomic mass is 16.6. The number of hydrogen-bond donors (Lipinski definition) is 1. The Balaban J connectivity index is 1.39. The molecule has 32 heavy (non-hydrogen) atoms. The van der Waals surface area contributed by atoms with Gasteiger partial charge in [-0.2, -0.15) is 0 Å². The van der Waals surface area contributed by atoms with E-state index in [1.165, 1.54) is 12.6 Å². The van der Waals surface area contributed by atoms with E-state index in [0.29, 0.717) is 45.1 Å². The van der Waals surface area contributed by atoms with Crippen molar-refractivity contribution in [2.24, 2.45) is 0 Å². The van der Waals surface area contributed by atoms with Gasteiger partial charge in [0.2, 0.25) is 11.6 Å². The quantitative estimate of drug-likeness (QED) is 0.320. The lowest BCUT2D eigenvalue weighted by Gasteiger charge is -2.34. The van der Waals surface area contributed by atoms with Gasteiger partial charge in [0.15, 0.2) is 5.76 Å². The highest BCUT2D eigenvalue weighted by Gasteiger charge is 2.31. The minimum atomic E-state index is -0.490. The largest absolute Gasteiger partial charge is 0.492 e. The van der Waals surface area contributed by atoms with Gasteiger partial charge < -0.3 is 24.3 Å². The summed E-state index contributed by atoms with van der Waals surface area (Å²) in [5.74, 6) is 1.14. The van der Waals surface area contributed by atoms with Crippen LogP contribution in [0.15, 0.2) is 59.5 Å². The monoisotopic (exact) mass is 438 g/mol. The summed E-state index contributed by atoms with van der Waals surface area (Å²) in [7, 11) is 0. The number of anilines is 2. The van der Waals surface area contributed by atoms with Gasteiger partial charge in [-0.1, -0.05) is 18.2 Å². The fraction of sp³-hybridized carbons (Fsp3) is 0.286. The Kier molecular flexibility index (Phi) is 6.44. The zero-order valence-corrected chi connectivity index (χ0v) is 17.2. The van der Waals surface area contributed by atoms with E-state index in [9.17, 15) is 14.9 Å². The second-order valence-corrected chi connectivity index (χ2v) is 7.00. The number of ether oxygens (including phenoxy) is 1. The minimum Gasteiger partial charge on any atom is -0.492 e. The minimum absolute atomic E-state index is 0.130. The maximum atomic E-state index is 12.4. The summed E-state index contributed by atoms with van der Waals surface area (Å²) in [6, 6.07) is 12.6. The third-order valence-corrected chi connectivity index (χ3v) is 4.99. The Hall–Kier alpha value is -4.15. The predicted molar refractivity (Wildman–Crippen MR) is 116 cm³/mol. The van der Waals surface area contributed by atoms with Crippen LogP contribution >= 0.6 is 0 Å². The molecule has 11 nitrogen and oxygen atoms in total. The van der Waals surface area contributed by atoms with Crippen molar-refractivity contribution in [3.05, 3.63) is 70.9 Å². The molecule has 1 aliphatic heterocycles. The smallest absolute Gasteiger partial charge is 0.353 e. The molecular weight excluding hydrogens is 416 g/mol. The van der Waals surface area contributed by atoms with Crippen LogP contribution in [0.2, 0.25) is 0 Å². The van der Waals surface area contributed by atoms with Gasteiger partial charge in [-0.3, -0.25) is 14.9 Å². The van der Waals surface area contributed by atoms with Crippen LogP contribution in [0.5, 0.6) is 5.75 Å². The third-order valence-electron chi connectivity index (χ3n) is 4.99. The molecule has 0 saturated carbocycles. The first kappa shape index (κ1) is 21.1. The summed E-state index contributed by atoms with van der Waals surface area (Å²) in [6.45, 7) is 2.25. The van der Waals surface area contributed by atoms with Crippen molar-refractivity contribution in [1.29, 1.82) is 0 Å². The maximum Gasteiger partial charge on any atom is 0.353 e. The van der Waals surface area contributed by atoms with Crippen molar-refractivity contribution in [3.63, 3.8) is 0 Å². The molecule has 11 heteroatoms. The number of para-hydroxylation sites is 1. The molecule has 1 aliphatic rings. The number of rotatable bonds is 8. The Morgan fingerprint density at radius 3 is 2.59 bits per heavy atom. The van der Waals surface area contributed by atoms with E-state index in [1.807, 2.05) is 30.3 Å². The number of piperazine rings is 1. The lowest BCUT2D eigenvalue weighted by atomic mass is 10.2. The molecule has 0 radical (unpaired) electrons. The van der Waals surface area contributed by atoms with Crippen LogP contribution in [-0.4, -0.2) is 65.0 Å². The van der Waals surface area contributed by atoms with Crippen LogP contribution in [0.4, 0.5) is 17.3 Å². The predicted octanol–water partition coefficient (Wildman–Crippen LogP) is 2.43. The van der Waals surface area contributed by atoms with Gasteiger partial charge in [0.25, 0.3) is 5.91 Å². The van der Waals surface area contributed by atoms with Crippen molar-refractivity contribution < 1.29 is 18.9 Å². The molecular formula is C21H22N6O5. The number of benzene rings is 1. The molecule has 1 amide bonds. The number of nitrogens with zero attached hydrogens (tertiary/aromatic N) is 5. The van der Waals surface area contributed by atoms with Gasteiger partial charge >= 0.3 is 5.69 Å². The molecule has 1 N–H and O–H groups in total. The summed E-state index contributed by atoms with van der Waals surface area (Å²) in [5, 5.41) is 14.8. The number of carbonyl (C=O) groups is 1. The standard InChI is InChI=1S/C21H22N6O5/c28-21(17-7-4-13-32-17)26-11-9-25(10-12-26)20-18(27(29)30)19(23-15-24-20)22-8-14-31-16-5-2-1-3-6-16/h1-7,13,15H,8-12,14H2,(H,22,23,24). The molecule has 4 rings (SSSR count). The van der Waals surface area contributed by atoms with Gasteiger partial charge in [-0.25, -0.2) is 9.97 Å². The maximum absolute atomic E-state index is 12.4. The number of furan rings is 1. The van der Waals surface area contributed by atoms with Crippen molar-refractivity contribution >= 4 is 23.2 Å². The second-order valence-electron chi connectivity index (χ2n) is 7.00. The average molecular weight is 438 g/mol. The second kappa shape index (κ2) is 9.77. The van der Waals surface area contributed by atoms with E-state index in [2.05, 4.69) is 15.3 Å². The van der Waals surface area contributed by atoms with Crippen LogP contribution in [0.25, 0.3) is 0 Å². The van der Waals surface area contributed by atoms with Gasteiger partial charge in [0.1, 0.15) is 18.7 Å². The van der Waals surface area contributed by atoms with Crippen molar-refractivity contribution in [2.75, 3.05) is 49.5 Å². The molecule has 0 spiro atoms. The average Bonchev–Trinajstić information content (AvgIpc) is 3.37. The summed E-state index contributed by atoms with van der Waals surface area (Å²) in [5.41, 5.74) is -0.196. The lowest BCUT2D eigenvalue weighted by molar-refractivity contribution is -0.383. The number of hydrogen-bond acceptors (Lipinski definition) is 9. The Morgan fingerprint density at radius 2 is 1.91 bits per heavy atom. The van der Waals surface area contributed by atoms with E-state index in [-0.39, 0.29) is 29.0 Å². The van der Waals surface area contributed by atoms with Crippen molar-refractivity contribution in [2.45, 2.75) is 0 Å². The first-order chi connectivity index (χ1) is 15.6. The number of nitrogens with one attached hydrogen (secondary N) is 1. The fourth-order valence-corrected chi connectivity index (χ4v) is 3.43. The van der Waals surface area contributed by atoms with E-state index in [1.54, 1.807) is 21.9 Å². The Labute approximate surface area is 183 Å². The molecule has 0 atom stereocenters. The van der Waals surface area contributed by atoms with Crippen molar-refractivity contribution in [1.82, 2.24) is 14.9 Å². The van der Waals surface area contributed by atoms with E-state index < -0.39 is 4.92 Å². The number of carbonyl (C=O) groups excluding carboxylic acids is 1. The Morgan fingerprint density at radius 1 is 1.12 bits per heavy atom. The summed E-state index contributed by atoms with van der Waals surface area (Å²) < 4.78 is 10.8. The molecule has 0 unspecified atom stereocenters. The number of aromatic nitrogens is 2. The van der Waals surface area contributed by atoms with Gasteiger partial charge in [0.05, 0.1) is 17.7 Å². The Bertz CT molecular complexity index is 1050. The number of nitro groups is 1. The summed E-state index contributed by atoms with van der Waals surface area (Å²) >= 11 is 0. The molecule has 0 bridgehead atoms. The molecule has 2 aromatic heterocycles. The van der Waals surface area contributed by atoms with Gasteiger partial charge in [0, 0.05) is 26.2 Å². The van der Waals surface area contributed by atoms with Crippen LogP contribution < -0.4 is 15.0 Å². The van der Waals surface area contributed by atoms with Gasteiger partial charge in [-0.15, -0.1) is 0 Å². The summed E-state index contributed by atoms with van der Waals surface area (Å²) in [4.78, 5) is 35.4. The molecule has 1 aromatic carbocycles. The van der Waals surface area contributed by atoms with E-state index in [4.69, 9.17) is 9.15 Å². The summed E-state index contributed by atoms with van der Waals surface area (Å²) in [6.07, 6.45) is 2.75. The van der Waals surface area contributed by atoms with Crippen LogP contribution in [0.1, 0.15) is 10.6 Å². The first-order valence-corrected chi connectivity index (χ1v) is 10.1. The fourth-order valence-electron chi connectivity index (χ4n) is 3.43. The van der Waals surface area contributed by atoms with Crippen LogP contribution in [0.3, 0.4) is 0 Å². The molecule has 3 aromatic rings. The van der Waals surface area contributed by atoms with Crippen molar-refractivity contribution in [3.8, 4) is 5.75 Å². The third kappa shape index (κ3) is 4.77. The molecule has 166 valence electrons. The zero-order chi connectivity index (χ0) is 22.3. The highest BCUT2D eigenvalue weighted by Crippen LogP contribution is 2.32. The van der Waals surface area contributed by atoms with Crippen LogP contribution in [-0.2, 0) is 0 Å². The zero-order valence-electron chi connectivity index (χ0n) is 17.2. The lowest BCUT2D eigenvalue weighted by Crippen LogP contribution is -2.49. The number of amides is 1. The molecule has 1 fully saturated rings. The van der Waals surface area contributed by atoms with Gasteiger partial charge in [-0.05, 0) is 24.3 Å². The molecule has 1 saturated heterocycles. The topological polar surface area (TPSA) is 127 Å². The normalized spacial score (nSPS) is 13.6. The highest BCUT2D eigenvalue weighted by molar-refractivity contribution is 5.91.